The van der Waals surface area contributed by atoms with Crippen LogP contribution in [0.4, 0.5) is 0 Å². The Morgan fingerprint density at radius 1 is 1.00 bits per heavy atom. The fourth-order valence-electron chi connectivity index (χ4n) is 3.33. The number of aryl methyl sites for hydroxylation is 2. The molecule has 4 rings (SSSR count). The van der Waals surface area contributed by atoms with Crippen LogP contribution < -0.4 is 0 Å². The molecule has 2 aromatic rings. The van der Waals surface area contributed by atoms with Gasteiger partial charge >= 0.3 is 5.97 Å². The minimum Gasteiger partial charge on any atom is -0.468 e. The minimum absolute atomic E-state index is 0.256. The summed E-state index contributed by atoms with van der Waals surface area (Å²) < 4.78 is 4.56. The quantitative estimate of drug-likeness (QED) is 0.466. The molecule has 2 heterocycles. The number of carbonyl (C=O) groups is 3. The van der Waals surface area contributed by atoms with E-state index in [2.05, 4.69) is 26.9 Å². The lowest BCUT2D eigenvalue weighted by Gasteiger charge is -2.11. The molecule has 0 fully saturated rings. The van der Waals surface area contributed by atoms with Crippen LogP contribution in [-0.4, -0.2) is 46.3 Å². The van der Waals surface area contributed by atoms with Crippen LogP contribution in [0.2, 0.25) is 0 Å². The van der Waals surface area contributed by atoms with Crippen molar-refractivity contribution in [1.29, 1.82) is 0 Å². The Kier molecular flexibility index (Phi) is 3.99. The Bertz CT molecular complexity index is 912. The molecule has 2 amide bonds. The predicted octanol–water partition coefficient (Wildman–Crippen LogP) is 1.83. The van der Waals surface area contributed by atoms with Gasteiger partial charge in [-0.2, -0.15) is 0 Å². The molecule has 0 saturated heterocycles. The van der Waals surface area contributed by atoms with Crippen molar-refractivity contribution in [2.45, 2.75) is 25.7 Å². The number of hydrogen-bond acceptors (Lipinski definition) is 6. The molecule has 1 aliphatic heterocycles. The van der Waals surface area contributed by atoms with Crippen LogP contribution in [-0.2, 0) is 22.4 Å². The van der Waals surface area contributed by atoms with Gasteiger partial charge in [-0.3, -0.25) is 19.3 Å². The highest BCUT2D eigenvalue weighted by Gasteiger charge is 2.37. The van der Waals surface area contributed by atoms with Gasteiger partial charge < -0.3 is 4.74 Å². The predicted molar refractivity (Wildman–Crippen MR) is 92.7 cm³/mol. The van der Waals surface area contributed by atoms with E-state index in [1.807, 2.05) is 0 Å². The first-order valence-corrected chi connectivity index (χ1v) is 8.50. The summed E-state index contributed by atoms with van der Waals surface area (Å²) in [6.07, 6.45) is 7.69. The number of amides is 2. The van der Waals surface area contributed by atoms with Gasteiger partial charge in [0.1, 0.15) is 6.54 Å². The van der Waals surface area contributed by atoms with Gasteiger partial charge in [0, 0.05) is 0 Å². The lowest BCUT2D eigenvalue weighted by molar-refractivity contribution is -0.140. The number of hydrogen-bond donors (Lipinski definition) is 0. The van der Waals surface area contributed by atoms with Gasteiger partial charge in [-0.25, -0.2) is 9.97 Å². The molecular weight excluding hydrogens is 334 g/mol. The maximum Gasteiger partial charge on any atom is 0.325 e. The summed E-state index contributed by atoms with van der Waals surface area (Å²) in [7, 11) is 1.22. The Hall–Kier alpha value is -3.09. The average Bonchev–Trinajstić information content (AvgIpc) is 2.84. The zero-order chi connectivity index (χ0) is 18.3. The molecule has 0 spiro atoms. The molecular formula is C19H17N3O4. The highest BCUT2D eigenvalue weighted by atomic mass is 16.5. The third kappa shape index (κ3) is 2.65. The van der Waals surface area contributed by atoms with E-state index in [4.69, 9.17) is 0 Å². The number of nitrogens with zero attached hydrogens (tertiary/aromatic N) is 3. The Morgan fingerprint density at radius 2 is 1.50 bits per heavy atom. The van der Waals surface area contributed by atoms with E-state index >= 15 is 0 Å². The van der Waals surface area contributed by atoms with Crippen molar-refractivity contribution in [3.05, 3.63) is 46.8 Å². The number of esters is 1. The monoisotopic (exact) mass is 351 g/mol. The Balaban J connectivity index is 1.78. The van der Waals surface area contributed by atoms with E-state index in [1.165, 1.54) is 7.11 Å². The number of imide groups is 1. The van der Waals surface area contributed by atoms with Crippen LogP contribution in [0.3, 0.4) is 0 Å². The molecule has 7 heteroatoms. The number of methoxy groups -OCH3 is 1. The summed E-state index contributed by atoms with van der Waals surface area (Å²) in [6.45, 7) is -0.401. The van der Waals surface area contributed by atoms with Crippen molar-refractivity contribution in [1.82, 2.24) is 14.9 Å². The molecule has 7 nitrogen and oxygen atoms in total. The second kappa shape index (κ2) is 6.33. The van der Waals surface area contributed by atoms with Gasteiger partial charge in [0.2, 0.25) is 0 Å². The Morgan fingerprint density at radius 3 is 1.96 bits per heavy atom. The van der Waals surface area contributed by atoms with Crippen molar-refractivity contribution < 1.29 is 19.1 Å². The van der Waals surface area contributed by atoms with Crippen LogP contribution in [0.25, 0.3) is 11.0 Å². The topological polar surface area (TPSA) is 89.5 Å². The van der Waals surface area contributed by atoms with E-state index in [1.54, 1.807) is 12.1 Å². The second-order valence-corrected chi connectivity index (χ2v) is 6.32. The highest BCUT2D eigenvalue weighted by molar-refractivity contribution is 6.23. The summed E-state index contributed by atoms with van der Waals surface area (Å²) >= 11 is 0. The molecule has 2 aliphatic rings. The number of carbonyl (C=O) groups excluding carboxylic acids is 3. The SMILES string of the molecule is COC(=O)CN1C(=O)c2cc3nc4c(nc3cc2C1=O)CC/C=C/CC4. The smallest absolute Gasteiger partial charge is 0.325 e. The molecule has 0 atom stereocenters. The number of aromatic nitrogens is 2. The van der Waals surface area contributed by atoms with E-state index < -0.39 is 24.3 Å². The second-order valence-electron chi connectivity index (χ2n) is 6.32. The van der Waals surface area contributed by atoms with Crippen molar-refractivity contribution in [3.8, 4) is 0 Å². The Labute approximate surface area is 149 Å². The molecule has 0 N–H and O–H groups in total. The van der Waals surface area contributed by atoms with Gasteiger partial charge in [-0.1, -0.05) is 12.2 Å². The van der Waals surface area contributed by atoms with Crippen LogP contribution in [0.1, 0.15) is 44.9 Å². The molecule has 0 unspecified atom stereocenters. The summed E-state index contributed by atoms with van der Waals surface area (Å²) in [5, 5.41) is 0. The van der Waals surface area contributed by atoms with E-state index in [9.17, 15) is 14.4 Å². The molecule has 1 aromatic heterocycles. The zero-order valence-electron chi connectivity index (χ0n) is 14.3. The van der Waals surface area contributed by atoms with Crippen LogP contribution in [0.15, 0.2) is 24.3 Å². The van der Waals surface area contributed by atoms with E-state index in [-0.39, 0.29) is 11.1 Å². The van der Waals surface area contributed by atoms with Crippen molar-refractivity contribution >= 4 is 28.8 Å². The molecule has 0 saturated carbocycles. The van der Waals surface area contributed by atoms with Crippen LogP contribution >= 0.6 is 0 Å². The minimum atomic E-state index is -0.643. The molecule has 132 valence electrons. The average molecular weight is 351 g/mol. The third-order valence-corrected chi connectivity index (χ3v) is 4.69. The molecule has 1 aliphatic carbocycles. The first-order valence-electron chi connectivity index (χ1n) is 8.50. The highest BCUT2D eigenvalue weighted by Crippen LogP contribution is 2.28. The summed E-state index contributed by atoms with van der Waals surface area (Å²) in [5.41, 5.74) is 3.56. The molecule has 26 heavy (non-hydrogen) atoms. The normalized spacial score (nSPS) is 17.5. The zero-order valence-corrected chi connectivity index (χ0v) is 14.3. The number of fused-ring (bicyclic) bond motifs is 3. The maximum atomic E-state index is 12.5. The first-order chi connectivity index (χ1) is 12.6. The van der Waals surface area contributed by atoms with Gasteiger partial charge in [-0.05, 0) is 37.8 Å². The number of allylic oxidation sites excluding steroid dienone is 2. The largest absolute Gasteiger partial charge is 0.468 e. The number of benzene rings is 1. The van der Waals surface area contributed by atoms with Gasteiger partial charge in [0.25, 0.3) is 11.8 Å². The standard InChI is InChI=1S/C19H17N3O4/c1-26-17(23)10-22-18(24)11-8-15-16(9-12(11)19(22)25)21-14-7-5-3-2-4-6-13(14)20-15/h2-3,8-9H,4-7,10H2,1H3/b3-2+. The fraction of sp³-hybridized carbons (Fsp3) is 0.316. The molecule has 1 aromatic carbocycles. The first kappa shape index (κ1) is 16.4. The number of ether oxygens (including phenoxy) is 1. The van der Waals surface area contributed by atoms with E-state index in [0.29, 0.717) is 11.0 Å². The number of rotatable bonds is 2. The van der Waals surface area contributed by atoms with Gasteiger partial charge in [0.15, 0.2) is 0 Å². The van der Waals surface area contributed by atoms with Crippen molar-refractivity contribution in [2.75, 3.05) is 13.7 Å². The fourth-order valence-corrected chi connectivity index (χ4v) is 3.33. The molecule has 0 bridgehead atoms. The maximum absolute atomic E-state index is 12.5. The molecule has 0 radical (unpaired) electrons. The summed E-state index contributed by atoms with van der Waals surface area (Å²) in [6, 6.07) is 3.20. The van der Waals surface area contributed by atoms with Gasteiger partial charge in [0.05, 0.1) is 40.7 Å². The van der Waals surface area contributed by atoms with Crippen molar-refractivity contribution in [2.24, 2.45) is 0 Å². The lowest BCUT2D eigenvalue weighted by Crippen LogP contribution is -2.35. The van der Waals surface area contributed by atoms with Gasteiger partial charge in [-0.15, -0.1) is 0 Å². The summed E-state index contributed by atoms with van der Waals surface area (Å²) in [4.78, 5) is 46.8. The lowest BCUT2D eigenvalue weighted by atomic mass is 10.0. The van der Waals surface area contributed by atoms with E-state index in [0.717, 1.165) is 42.0 Å². The van der Waals surface area contributed by atoms with Crippen LogP contribution in [0, 0.1) is 0 Å². The van der Waals surface area contributed by atoms with Crippen LogP contribution in [0.5, 0.6) is 0 Å². The van der Waals surface area contributed by atoms with Crippen molar-refractivity contribution in [3.63, 3.8) is 0 Å². The summed E-state index contributed by atoms with van der Waals surface area (Å²) in [5.74, 6) is -1.65. The third-order valence-electron chi connectivity index (χ3n) is 4.69.